The van der Waals surface area contributed by atoms with Crippen molar-refractivity contribution >= 4 is 54.2 Å². The van der Waals surface area contributed by atoms with Crippen LogP contribution in [0.5, 0.6) is 0 Å². The van der Waals surface area contributed by atoms with Gasteiger partial charge in [0.25, 0.3) is 10.0 Å². The number of hydrogen-bond donors (Lipinski definition) is 1. The third-order valence-corrected chi connectivity index (χ3v) is 6.16. The first-order valence-corrected chi connectivity index (χ1v) is 10.7. The molecule has 0 atom stereocenters. The van der Waals surface area contributed by atoms with Gasteiger partial charge in [-0.2, -0.15) is 0 Å². The van der Waals surface area contributed by atoms with E-state index in [1.807, 2.05) is 42.5 Å². The molecular formula is C20H13BrClNO3S. The lowest BCUT2D eigenvalue weighted by Gasteiger charge is -2.09. The maximum Gasteiger partial charge on any atom is 0.262 e. The first kappa shape index (κ1) is 18.1. The molecule has 0 aliphatic carbocycles. The minimum Gasteiger partial charge on any atom is -0.454 e. The zero-order valence-electron chi connectivity index (χ0n) is 13.8. The normalized spacial score (nSPS) is 11.6. The molecule has 0 aliphatic heterocycles. The van der Waals surface area contributed by atoms with Crippen LogP contribution in [-0.2, 0) is 10.0 Å². The highest BCUT2D eigenvalue weighted by molar-refractivity contribution is 9.10. The molecule has 1 aromatic heterocycles. The number of nitrogens with one attached hydrogen (secondary N) is 1. The molecule has 1 N–H and O–H groups in total. The molecule has 27 heavy (non-hydrogen) atoms. The maximum atomic E-state index is 12.9. The van der Waals surface area contributed by atoms with Gasteiger partial charge in [0.15, 0.2) is 5.76 Å². The van der Waals surface area contributed by atoms with E-state index in [4.69, 9.17) is 16.0 Å². The van der Waals surface area contributed by atoms with Crippen LogP contribution in [0.2, 0.25) is 5.02 Å². The van der Waals surface area contributed by atoms with Crippen molar-refractivity contribution < 1.29 is 12.8 Å². The highest BCUT2D eigenvalue weighted by Gasteiger charge is 2.22. The lowest BCUT2D eigenvalue weighted by Crippen LogP contribution is -2.13. The second-order valence-electron chi connectivity index (χ2n) is 5.87. The predicted molar refractivity (Wildman–Crippen MR) is 112 cm³/mol. The van der Waals surface area contributed by atoms with Crippen LogP contribution in [0, 0.1) is 0 Å². The number of fused-ring (bicyclic) bond motifs is 1. The van der Waals surface area contributed by atoms with E-state index >= 15 is 0 Å². The fraction of sp³-hybridized carbons (Fsp3) is 0. The predicted octanol–water partition coefficient (Wildman–Crippen LogP) is 6.32. The van der Waals surface area contributed by atoms with Crippen LogP contribution in [-0.4, -0.2) is 8.42 Å². The summed E-state index contributed by atoms with van der Waals surface area (Å²) in [5, 5.41) is 1.14. The van der Waals surface area contributed by atoms with Crippen LogP contribution in [0.25, 0.3) is 22.3 Å². The number of anilines is 1. The molecule has 0 spiro atoms. The molecule has 4 aromatic rings. The van der Waals surface area contributed by atoms with Crippen molar-refractivity contribution in [2.24, 2.45) is 0 Å². The summed E-state index contributed by atoms with van der Waals surface area (Å²) in [6, 6.07) is 20.8. The van der Waals surface area contributed by atoms with E-state index in [1.165, 1.54) is 24.3 Å². The standard InChI is InChI=1S/C20H13BrClNO3S/c21-14-6-11-18-17(12-14)19(20(26-18)13-4-2-1-3-5-13)23-27(24,25)16-9-7-15(22)8-10-16/h1-12,23H. The Kier molecular flexibility index (Phi) is 4.72. The quantitative estimate of drug-likeness (QED) is 0.386. The molecule has 136 valence electrons. The molecule has 7 heteroatoms. The fourth-order valence-electron chi connectivity index (χ4n) is 2.77. The summed E-state index contributed by atoms with van der Waals surface area (Å²) < 4.78 is 35.3. The summed E-state index contributed by atoms with van der Waals surface area (Å²) in [6.07, 6.45) is 0. The molecule has 0 radical (unpaired) electrons. The summed E-state index contributed by atoms with van der Waals surface area (Å²) in [5.74, 6) is 0.459. The van der Waals surface area contributed by atoms with Crippen LogP contribution in [0.15, 0.2) is 86.6 Å². The zero-order valence-corrected chi connectivity index (χ0v) is 17.0. The highest BCUT2D eigenvalue weighted by atomic mass is 79.9. The molecule has 0 bridgehead atoms. The number of benzene rings is 3. The molecule has 0 amide bonds. The van der Waals surface area contributed by atoms with Crippen LogP contribution in [0.4, 0.5) is 5.69 Å². The first-order chi connectivity index (χ1) is 12.9. The third kappa shape index (κ3) is 3.60. The Morgan fingerprint density at radius 2 is 1.63 bits per heavy atom. The number of hydrogen-bond acceptors (Lipinski definition) is 3. The Hall–Kier alpha value is -2.28. The summed E-state index contributed by atoms with van der Waals surface area (Å²) in [6.45, 7) is 0. The molecule has 0 aliphatic rings. The van der Waals surface area contributed by atoms with Gasteiger partial charge in [-0.25, -0.2) is 8.42 Å². The average Bonchev–Trinajstić information content (AvgIpc) is 3.00. The SMILES string of the molecule is O=S(=O)(Nc1c(-c2ccccc2)oc2ccc(Br)cc12)c1ccc(Cl)cc1. The molecule has 0 fully saturated rings. The Morgan fingerprint density at radius 3 is 2.33 bits per heavy atom. The highest BCUT2D eigenvalue weighted by Crippen LogP contribution is 2.40. The molecule has 1 heterocycles. The van der Waals surface area contributed by atoms with E-state index in [0.29, 0.717) is 27.4 Å². The summed E-state index contributed by atoms with van der Waals surface area (Å²) >= 11 is 9.30. The van der Waals surface area contributed by atoms with E-state index < -0.39 is 10.0 Å². The van der Waals surface area contributed by atoms with Gasteiger partial charge in [0.2, 0.25) is 0 Å². The van der Waals surface area contributed by atoms with Gasteiger partial charge < -0.3 is 4.42 Å². The Balaban J connectivity index is 1.89. The second kappa shape index (κ2) is 7.03. The van der Waals surface area contributed by atoms with Gasteiger partial charge in [0, 0.05) is 20.4 Å². The van der Waals surface area contributed by atoms with Crippen molar-refractivity contribution in [1.82, 2.24) is 0 Å². The van der Waals surface area contributed by atoms with Gasteiger partial charge in [-0.1, -0.05) is 57.9 Å². The van der Waals surface area contributed by atoms with Crippen LogP contribution >= 0.6 is 27.5 Å². The minimum absolute atomic E-state index is 0.121. The van der Waals surface area contributed by atoms with E-state index in [2.05, 4.69) is 20.7 Å². The third-order valence-electron chi connectivity index (χ3n) is 4.05. The molecule has 0 saturated heterocycles. The van der Waals surface area contributed by atoms with E-state index in [0.717, 1.165) is 10.0 Å². The largest absolute Gasteiger partial charge is 0.454 e. The van der Waals surface area contributed by atoms with Crippen molar-refractivity contribution in [1.29, 1.82) is 0 Å². The summed E-state index contributed by atoms with van der Waals surface area (Å²) in [5.41, 5.74) is 1.76. The number of furan rings is 1. The number of rotatable bonds is 4. The summed E-state index contributed by atoms with van der Waals surface area (Å²) in [7, 11) is -3.82. The second-order valence-corrected chi connectivity index (χ2v) is 8.91. The Bertz CT molecular complexity index is 1220. The number of sulfonamides is 1. The van der Waals surface area contributed by atoms with Crippen LogP contribution in [0.3, 0.4) is 0 Å². The fourth-order valence-corrected chi connectivity index (χ4v) is 4.34. The molecular weight excluding hydrogens is 450 g/mol. The van der Waals surface area contributed by atoms with Crippen molar-refractivity contribution in [3.8, 4) is 11.3 Å². The van der Waals surface area contributed by atoms with E-state index in [-0.39, 0.29) is 4.90 Å². The lowest BCUT2D eigenvalue weighted by molar-refractivity contribution is 0.600. The van der Waals surface area contributed by atoms with Crippen molar-refractivity contribution in [3.05, 3.63) is 82.3 Å². The van der Waals surface area contributed by atoms with Crippen LogP contribution in [0.1, 0.15) is 0 Å². The molecule has 4 nitrogen and oxygen atoms in total. The lowest BCUT2D eigenvalue weighted by atomic mass is 10.1. The topological polar surface area (TPSA) is 59.3 Å². The van der Waals surface area contributed by atoms with Gasteiger partial charge >= 0.3 is 0 Å². The minimum atomic E-state index is -3.82. The summed E-state index contributed by atoms with van der Waals surface area (Å²) in [4.78, 5) is 0.121. The zero-order chi connectivity index (χ0) is 19.0. The monoisotopic (exact) mass is 461 g/mol. The van der Waals surface area contributed by atoms with Crippen molar-refractivity contribution in [2.45, 2.75) is 4.90 Å². The van der Waals surface area contributed by atoms with Crippen molar-refractivity contribution in [2.75, 3.05) is 4.72 Å². The molecule has 4 rings (SSSR count). The van der Waals surface area contributed by atoms with Gasteiger partial charge in [-0.05, 0) is 42.5 Å². The average molecular weight is 463 g/mol. The molecule has 0 unspecified atom stereocenters. The Morgan fingerprint density at radius 1 is 0.926 bits per heavy atom. The van der Waals surface area contributed by atoms with Gasteiger partial charge in [-0.3, -0.25) is 4.72 Å². The van der Waals surface area contributed by atoms with Gasteiger partial charge in [-0.15, -0.1) is 0 Å². The first-order valence-electron chi connectivity index (χ1n) is 8.00. The van der Waals surface area contributed by atoms with Crippen LogP contribution < -0.4 is 4.72 Å². The maximum absolute atomic E-state index is 12.9. The van der Waals surface area contributed by atoms with Crippen molar-refractivity contribution in [3.63, 3.8) is 0 Å². The van der Waals surface area contributed by atoms with Gasteiger partial charge in [0.05, 0.1) is 4.90 Å². The smallest absolute Gasteiger partial charge is 0.262 e. The van der Waals surface area contributed by atoms with E-state index in [1.54, 1.807) is 6.07 Å². The Labute approximate surface area is 170 Å². The molecule has 0 saturated carbocycles. The van der Waals surface area contributed by atoms with Gasteiger partial charge in [0.1, 0.15) is 11.3 Å². The van der Waals surface area contributed by atoms with E-state index in [9.17, 15) is 8.42 Å². The number of halogens is 2. The molecule has 3 aromatic carbocycles.